The lowest BCUT2D eigenvalue weighted by Crippen LogP contribution is -2.14. The number of aromatic nitrogens is 2. The van der Waals surface area contributed by atoms with Gasteiger partial charge in [0.2, 0.25) is 0 Å². The first-order valence-corrected chi connectivity index (χ1v) is 9.75. The highest BCUT2D eigenvalue weighted by Crippen LogP contribution is 2.26. The number of aromatic hydroxyl groups is 1. The second-order valence-corrected chi connectivity index (χ2v) is 6.94. The number of anilines is 1. The van der Waals surface area contributed by atoms with E-state index in [0.717, 1.165) is 16.7 Å². The fourth-order valence-corrected chi connectivity index (χ4v) is 3.15. The Morgan fingerprint density at radius 2 is 1.59 bits per heavy atom. The van der Waals surface area contributed by atoms with E-state index in [-0.39, 0.29) is 17.1 Å². The Hall–Kier alpha value is -4.52. The summed E-state index contributed by atoms with van der Waals surface area (Å²) < 4.78 is 4.85. The number of pyridine rings is 2. The Labute approximate surface area is 184 Å². The molecule has 2 aromatic heterocycles. The van der Waals surface area contributed by atoms with Gasteiger partial charge in [-0.3, -0.25) is 9.78 Å². The third-order valence-corrected chi connectivity index (χ3v) is 4.79. The third kappa shape index (κ3) is 4.62. The third-order valence-electron chi connectivity index (χ3n) is 4.79. The molecule has 7 heteroatoms. The van der Waals surface area contributed by atoms with Gasteiger partial charge in [-0.25, -0.2) is 9.78 Å². The number of hydrogen-bond donors (Lipinski definition) is 2. The van der Waals surface area contributed by atoms with E-state index in [1.807, 2.05) is 36.4 Å². The molecule has 32 heavy (non-hydrogen) atoms. The molecule has 1 amide bonds. The molecule has 0 atom stereocenters. The number of rotatable bonds is 5. The lowest BCUT2D eigenvalue weighted by molar-refractivity contribution is 0.0600. The van der Waals surface area contributed by atoms with E-state index in [1.165, 1.54) is 37.4 Å². The van der Waals surface area contributed by atoms with Gasteiger partial charge in [-0.15, -0.1) is 0 Å². The van der Waals surface area contributed by atoms with Crippen molar-refractivity contribution in [2.45, 2.75) is 0 Å². The van der Waals surface area contributed by atoms with Gasteiger partial charge in [0.05, 0.1) is 18.4 Å². The van der Waals surface area contributed by atoms with E-state index in [4.69, 9.17) is 4.74 Å². The van der Waals surface area contributed by atoms with Crippen LogP contribution in [0.2, 0.25) is 0 Å². The summed E-state index contributed by atoms with van der Waals surface area (Å²) in [7, 11) is 1.29. The second-order valence-electron chi connectivity index (χ2n) is 6.94. The van der Waals surface area contributed by atoms with Crippen molar-refractivity contribution in [3.05, 3.63) is 96.3 Å². The normalized spacial score (nSPS) is 10.4. The molecule has 158 valence electrons. The average molecular weight is 425 g/mol. The molecule has 4 aromatic rings. The monoisotopic (exact) mass is 425 g/mol. The first kappa shape index (κ1) is 20.7. The predicted molar refractivity (Wildman–Crippen MR) is 120 cm³/mol. The smallest absolute Gasteiger partial charge is 0.338 e. The van der Waals surface area contributed by atoms with Crippen molar-refractivity contribution >= 4 is 17.7 Å². The molecule has 2 N–H and O–H groups in total. The minimum Gasteiger partial charge on any atom is -0.508 e. The van der Waals surface area contributed by atoms with Gasteiger partial charge >= 0.3 is 5.97 Å². The van der Waals surface area contributed by atoms with Gasteiger partial charge in [-0.1, -0.05) is 30.3 Å². The summed E-state index contributed by atoms with van der Waals surface area (Å²) >= 11 is 0. The van der Waals surface area contributed by atoms with E-state index in [2.05, 4.69) is 15.3 Å². The summed E-state index contributed by atoms with van der Waals surface area (Å²) in [5, 5.41) is 12.1. The van der Waals surface area contributed by atoms with E-state index >= 15 is 0 Å². The number of phenols is 1. The summed E-state index contributed by atoms with van der Waals surface area (Å²) in [5.74, 6) is -0.695. The Balaban J connectivity index is 1.66. The molecule has 0 radical (unpaired) electrons. The minimum absolute atomic E-state index is 0.0596. The second kappa shape index (κ2) is 9.09. The molecule has 4 rings (SSSR count). The Bertz CT molecular complexity index is 1250. The van der Waals surface area contributed by atoms with Crippen LogP contribution < -0.4 is 5.32 Å². The highest BCUT2D eigenvalue weighted by atomic mass is 16.5. The van der Waals surface area contributed by atoms with Gasteiger partial charge in [-0.2, -0.15) is 0 Å². The number of nitrogens with one attached hydrogen (secondary N) is 1. The Kier molecular flexibility index (Phi) is 5.89. The molecule has 2 heterocycles. The summed E-state index contributed by atoms with van der Waals surface area (Å²) in [5.41, 5.74) is 3.85. The van der Waals surface area contributed by atoms with Crippen LogP contribution in [0.1, 0.15) is 20.7 Å². The minimum atomic E-state index is -0.541. The number of amides is 1. The highest BCUT2D eigenvalue weighted by Gasteiger charge is 2.14. The van der Waals surface area contributed by atoms with Crippen LogP contribution in [-0.2, 0) is 4.74 Å². The van der Waals surface area contributed by atoms with Gasteiger partial charge < -0.3 is 15.2 Å². The van der Waals surface area contributed by atoms with E-state index in [0.29, 0.717) is 11.3 Å². The summed E-state index contributed by atoms with van der Waals surface area (Å²) in [6, 6.07) is 20.4. The molecule has 2 aromatic carbocycles. The largest absolute Gasteiger partial charge is 0.508 e. The van der Waals surface area contributed by atoms with Crippen LogP contribution in [0, 0.1) is 0 Å². The van der Waals surface area contributed by atoms with E-state index in [9.17, 15) is 14.7 Å². The number of esters is 1. The summed E-state index contributed by atoms with van der Waals surface area (Å²) in [6.07, 6.45) is 3.50. The van der Waals surface area contributed by atoms with Crippen molar-refractivity contribution in [2.75, 3.05) is 12.4 Å². The molecular weight excluding hydrogens is 406 g/mol. The van der Waals surface area contributed by atoms with Crippen molar-refractivity contribution < 1.29 is 19.4 Å². The quantitative estimate of drug-likeness (QED) is 0.455. The van der Waals surface area contributed by atoms with Gasteiger partial charge in [0.15, 0.2) is 0 Å². The molecular formula is C25H19N3O4. The zero-order valence-electron chi connectivity index (χ0n) is 17.1. The molecule has 0 aliphatic rings. The fraction of sp³-hybridized carbons (Fsp3) is 0.0400. The molecule has 0 fully saturated rings. The first-order chi connectivity index (χ1) is 15.5. The molecule has 0 bridgehead atoms. The number of nitrogens with zero attached hydrogens (tertiary/aromatic N) is 2. The predicted octanol–water partition coefficient (Wildman–Crippen LogP) is 4.56. The van der Waals surface area contributed by atoms with Crippen molar-refractivity contribution in [2.24, 2.45) is 0 Å². The van der Waals surface area contributed by atoms with Crippen LogP contribution in [0.25, 0.3) is 22.4 Å². The zero-order valence-corrected chi connectivity index (χ0v) is 17.1. The van der Waals surface area contributed by atoms with E-state index in [1.54, 1.807) is 18.5 Å². The molecule has 7 nitrogen and oxygen atoms in total. The van der Waals surface area contributed by atoms with Gasteiger partial charge in [0, 0.05) is 23.5 Å². The zero-order chi connectivity index (χ0) is 22.5. The van der Waals surface area contributed by atoms with Crippen LogP contribution in [-0.4, -0.2) is 34.1 Å². The number of hydrogen-bond acceptors (Lipinski definition) is 6. The molecule has 0 saturated heterocycles. The van der Waals surface area contributed by atoms with Gasteiger partial charge in [0.1, 0.15) is 11.6 Å². The number of benzene rings is 2. The SMILES string of the molecule is COC(=O)c1cc(NC(=O)c2ccc(O)cc2)nc(-c2ccc(-c3cccnc3)cc2)c1. The van der Waals surface area contributed by atoms with Crippen LogP contribution in [0.15, 0.2) is 85.2 Å². The maximum atomic E-state index is 12.6. The van der Waals surface area contributed by atoms with Gasteiger partial charge in [0.25, 0.3) is 5.91 Å². The summed E-state index contributed by atoms with van der Waals surface area (Å²) in [6.45, 7) is 0. The van der Waals surface area contributed by atoms with Crippen molar-refractivity contribution in [3.8, 4) is 28.1 Å². The van der Waals surface area contributed by atoms with Crippen molar-refractivity contribution in [3.63, 3.8) is 0 Å². The standard InChI is InChI=1S/C25H19N3O4/c1-32-25(31)20-13-22(17-6-4-16(5-7-17)19-3-2-12-26-15-19)27-23(14-20)28-24(30)18-8-10-21(29)11-9-18/h2-15,29H,1H3,(H,27,28,30). The maximum Gasteiger partial charge on any atom is 0.338 e. The number of carbonyl (C=O) groups excluding carboxylic acids is 2. The Morgan fingerprint density at radius 1 is 0.875 bits per heavy atom. The molecule has 0 aliphatic heterocycles. The molecule has 0 saturated carbocycles. The Morgan fingerprint density at radius 3 is 2.25 bits per heavy atom. The molecule has 0 spiro atoms. The number of methoxy groups -OCH3 is 1. The molecule has 0 aliphatic carbocycles. The summed E-state index contributed by atoms with van der Waals surface area (Å²) in [4.78, 5) is 33.4. The highest BCUT2D eigenvalue weighted by molar-refractivity contribution is 6.04. The van der Waals surface area contributed by atoms with Crippen LogP contribution in [0.3, 0.4) is 0 Å². The lowest BCUT2D eigenvalue weighted by Gasteiger charge is -2.10. The van der Waals surface area contributed by atoms with Crippen molar-refractivity contribution in [1.29, 1.82) is 0 Å². The average Bonchev–Trinajstić information content (AvgIpc) is 2.84. The van der Waals surface area contributed by atoms with Crippen molar-refractivity contribution in [1.82, 2.24) is 9.97 Å². The maximum absolute atomic E-state index is 12.6. The fourth-order valence-electron chi connectivity index (χ4n) is 3.15. The number of carbonyl (C=O) groups is 2. The number of phenolic OH excluding ortho intramolecular Hbond substituents is 1. The van der Waals surface area contributed by atoms with Crippen LogP contribution in [0.4, 0.5) is 5.82 Å². The van der Waals surface area contributed by atoms with E-state index < -0.39 is 11.9 Å². The first-order valence-electron chi connectivity index (χ1n) is 9.75. The van der Waals surface area contributed by atoms with Crippen LogP contribution in [0.5, 0.6) is 5.75 Å². The number of ether oxygens (including phenoxy) is 1. The molecule has 0 unspecified atom stereocenters. The van der Waals surface area contributed by atoms with Gasteiger partial charge in [-0.05, 0) is 53.6 Å². The topological polar surface area (TPSA) is 101 Å². The lowest BCUT2D eigenvalue weighted by atomic mass is 10.0. The van der Waals surface area contributed by atoms with Crippen LogP contribution >= 0.6 is 0 Å².